The van der Waals surface area contributed by atoms with Crippen LogP contribution in [0.25, 0.3) is 0 Å². The van der Waals surface area contributed by atoms with Crippen LogP contribution >= 0.6 is 0 Å². The number of piperidine rings is 1. The Hall–Kier alpha value is -0.570. The van der Waals surface area contributed by atoms with Gasteiger partial charge in [0.1, 0.15) is 0 Å². The number of nitrogens with one attached hydrogen (secondary N) is 2. The van der Waals surface area contributed by atoms with E-state index in [9.17, 15) is 4.79 Å². The molecule has 1 heterocycles. The number of amides is 1. The monoisotopic (exact) mass is 226 g/mol. The van der Waals surface area contributed by atoms with E-state index in [4.69, 9.17) is 0 Å². The van der Waals surface area contributed by atoms with E-state index >= 15 is 0 Å². The summed E-state index contributed by atoms with van der Waals surface area (Å²) >= 11 is 0. The van der Waals surface area contributed by atoms with Gasteiger partial charge in [-0.2, -0.15) is 0 Å². The van der Waals surface area contributed by atoms with Gasteiger partial charge in [0.05, 0.1) is 0 Å². The van der Waals surface area contributed by atoms with E-state index in [1.165, 1.54) is 0 Å². The second-order valence-electron chi connectivity index (χ2n) is 5.70. The number of carbonyl (C=O) groups is 1. The molecule has 0 aromatic rings. The zero-order valence-corrected chi connectivity index (χ0v) is 11.1. The molecule has 3 heteroatoms. The second kappa shape index (κ2) is 5.67. The van der Waals surface area contributed by atoms with Crippen molar-refractivity contribution in [2.75, 3.05) is 6.54 Å². The van der Waals surface area contributed by atoms with Gasteiger partial charge in [-0.1, -0.05) is 13.3 Å². The van der Waals surface area contributed by atoms with E-state index in [0.717, 1.165) is 32.2 Å². The largest absolute Gasteiger partial charge is 0.351 e. The first kappa shape index (κ1) is 13.5. The Balaban J connectivity index is 2.45. The summed E-state index contributed by atoms with van der Waals surface area (Å²) < 4.78 is 0. The standard InChI is InChI=1S/C13H26N2O/c1-5-7-13(3,4)15-12(16)11-6-8-14-10(2)9-11/h10-11,14H,5-9H2,1-4H3,(H,15,16). The lowest BCUT2D eigenvalue weighted by Gasteiger charge is -2.32. The highest BCUT2D eigenvalue weighted by Crippen LogP contribution is 2.19. The Morgan fingerprint density at radius 2 is 2.19 bits per heavy atom. The lowest BCUT2D eigenvalue weighted by Crippen LogP contribution is -2.49. The van der Waals surface area contributed by atoms with Crippen LogP contribution < -0.4 is 10.6 Å². The van der Waals surface area contributed by atoms with Crippen LogP contribution in [0.15, 0.2) is 0 Å². The molecule has 1 fully saturated rings. The molecule has 0 radical (unpaired) electrons. The van der Waals surface area contributed by atoms with Gasteiger partial charge in [0.25, 0.3) is 0 Å². The van der Waals surface area contributed by atoms with Crippen molar-refractivity contribution in [3.8, 4) is 0 Å². The molecule has 0 aromatic carbocycles. The smallest absolute Gasteiger partial charge is 0.223 e. The van der Waals surface area contributed by atoms with Gasteiger partial charge in [-0.15, -0.1) is 0 Å². The van der Waals surface area contributed by atoms with Gasteiger partial charge in [-0.05, 0) is 46.6 Å². The van der Waals surface area contributed by atoms with Gasteiger partial charge in [0.2, 0.25) is 5.91 Å². The topological polar surface area (TPSA) is 41.1 Å². The molecule has 0 saturated carbocycles. The third kappa shape index (κ3) is 4.12. The summed E-state index contributed by atoms with van der Waals surface area (Å²) in [5.74, 6) is 0.444. The van der Waals surface area contributed by atoms with E-state index in [1.807, 2.05) is 0 Å². The first-order chi connectivity index (χ1) is 7.44. The summed E-state index contributed by atoms with van der Waals surface area (Å²) in [6.45, 7) is 9.49. The molecule has 0 aliphatic carbocycles. The molecule has 0 spiro atoms. The van der Waals surface area contributed by atoms with Crippen LogP contribution in [0.4, 0.5) is 0 Å². The van der Waals surface area contributed by atoms with Crippen LogP contribution in [0, 0.1) is 5.92 Å². The van der Waals surface area contributed by atoms with Gasteiger partial charge in [0, 0.05) is 17.5 Å². The van der Waals surface area contributed by atoms with Gasteiger partial charge >= 0.3 is 0 Å². The quantitative estimate of drug-likeness (QED) is 0.770. The zero-order chi connectivity index (χ0) is 12.2. The number of hydrogen-bond acceptors (Lipinski definition) is 2. The Morgan fingerprint density at radius 3 is 2.75 bits per heavy atom. The molecule has 3 nitrogen and oxygen atoms in total. The molecule has 1 amide bonds. The SMILES string of the molecule is CCCC(C)(C)NC(=O)C1CCNC(C)C1. The average Bonchev–Trinajstić information content (AvgIpc) is 2.16. The van der Waals surface area contributed by atoms with Gasteiger partial charge in [-0.3, -0.25) is 4.79 Å². The normalized spacial score (nSPS) is 26.5. The molecule has 2 atom stereocenters. The van der Waals surface area contributed by atoms with Crippen molar-refractivity contribution in [2.45, 2.75) is 65.0 Å². The third-order valence-electron chi connectivity index (χ3n) is 3.33. The van der Waals surface area contributed by atoms with Crippen molar-refractivity contribution in [1.29, 1.82) is 0 Å². The summed E-state index contributed by atoms with van der Waals surface area (Å²) in [5, 5.41) is 6.56. The zero-order valence-electron chi connectivity index (χ0n) is 11.1. The fraction of sp³-hybridized carbons (Fsp3) is 0.923. The lowest BCUT2D eigenvalue weighted by molar-refractivity contribution is -0.127. The average molecular weight is 226 g/mol. The highest BCUT2D eigenvalue weighted by atomic mass is 16.2. The van der Waals surface area contributed by atoms with Crippen molar-refractivity contribution >= 4 is 5.91 Å². The van der Waals surface area contributed by atoms with E-state index < -0.39 is 0 Å². The number of carbonyl (C=O) groups excluding carboxylic acids is 1. The molecule has 1 saturated heterocycles. The Bertz CT molecular complexity index is 238. The van der Waals surface area contributed by atoms with E-state index in [-0.39, 0.29) is 17.4 Å². The van der Waals surface area contributed by atoms with Crippen LogP contribution in [-0.2, 0) is 4.79 Å². The van der Waals surface area contributed by atoms with Crippen LogP contribution in [0.2, 0.25) is 0 Å². The highest BCUT2D eigenvalue weighted by molar-refractivity contribution is 5.79. The minimum Gasteiger partial charge on any atom is -0.351 e. The van der Waals surface area contributed by atoms with Crippen molar-refractivity contribution in [3.05, 3.63) is 0 Å². The predicted molar refractivity (Wildman–Crippen MR) is 67.3 cm³/mol. The molecular weight excluding hydrogens is 200 g/mol. The first-order valence-electron chi connectivity index (χ1n) is 6.50. The van der Waals surface area contributed by atoms with E-state index in [1.54, 1.807) is 0 Å². The second-order valence-corrected chi connectivity index (χ2v) is 5.70. The Morgan fingerprint density at radius 1 is 1.50 bits per heavy atom. The molecule has 1 rings (SSSR count). The van der Waals surface area contributed by atoms with Crippen LogP contribution in [0.3, 0.4) is 0 Å². The summed E-state index contributed by atoms with van der Waals surface area (Å²) in [4.78, 5) is 12.1. The minimum atomic E-state index is -0.0556. The van der Waals surface area contributed by atoms with Crippen LogP contribution in [0.5, 0.6) is 0 Å². The molecule has 16 heavy (non-hydrogen) atoms. The van der Waals surface area contributed by atoms with E-state index in [0.29, 0.717) is 6.04 Å². The van der Waals surface area contributed by atoms with Crippen molar-refractivity contribution in [3.63, 3.8) is 0 Å². The Labute approximate surface area is 99.4 Å². The van der Waals surface area contributed by atoms with Gasteiger partial charge in [-0.25, -0.2) is 0 Å². The van der Waals surface area contributed by atoms with Gasteiger partial charge < -0.3 is 10.6 Å². The molecule has 2 N–H and O–H groups in total. The molecule has 0 bridgehead atoms. The first-order valence-corrected chi connectivity index (χ1v) is 6.50. The molecule has 2 unspecified atom stereocenters. The molecular formula is C13H26N2O. The maximum atomic E-state index is 12.1. The van der Waals surface area contributed by atoms with Crippen molar-refractivity contribution < 1.29 is 4.79 Å². The highest BCUT2D eigenvalue weighted by Gasteiger charge is 2.28. The van der Waals surface area contributed by atoms with Crippen molar-refractivity contribution in [2.24, 2.45) is 5.92 Å². The van der Waals surface area contributed by atoms with Gasteiger partial charge in [0.15, 0.2) is 0 Å². The minimum absolute atomic E-state index is 0.0556. The fourth-order valence-corrected chi connectivity index (χ4v) is 2.49. The molecule has 0 aromatic heterocycles. The summed E-state index contributed by atoms with van der Waals surface area (Å²) in [7, 11) is 0. The third-order valence-corrected chi connectivity index (χ3v) is 3.33. The van der Waals surface area contributed by atoms with Crippen LogP contribution in [0.1, 0.15) is 53.4 Å². The molecule has 1 aliphatic rings. The molecule has 1 aliphatic heterocycles. The maximum Gasteiger partial charge on any atom is 0.223 e. The summed E-state index contributed by atoms with van der Waals surface area (Å²) in [6.07, 6.45) is 4.08. The van der Waals surface area contributed by atoms with Crippen molar-refractivity contribution in [1.82, 2.24) is 10.6 Å². The maximum absolute atomic E-state index is 12.1. The predicted octanol–water partition coefficient (Wildman–Crippen LogP) is 2.07. The number of rotatable bonds is 4. The number of hydrogen-bond donors (Lipinski definition) is 2. The summed E-state index contributed by atoms with van der Waals surface area (Å²) in [5.41, 5.74) is -0.0556. The lowest BCUT2D eigenvalue weighted by atomic mass is 9.90. The Kier molecular flexibility index (Phi) is 4.78. The van der Waals surface area contributed by atoms with Crippen LogP contribution in [-0.4, -0.2) is 24.0 Å². The summed E-state index contributed by atoms with van der Waals surface area (Å²) in [6, 6.07) is 0.471. The molecule has 94 valence electrons. The fourth-order valence-electron chi connectivity index (χ4n) is 2.49. The van der Waals surface area contributed by atoms with E-state index in [2.05, 4.69) is 38.3 Å².